The molecule has 0 aromatic heterocycles. The molecule has 1 aromatic carbocycles. The number of hydrogen-bond acceptors (Lipinski definition) is 1. The molecule has 1 heteroatoms. The number of piperidine rings is 1. The van der Waals surface area contributed by atoms with Crippen LogP contribution < -0.4 is 5.32 Å². The van der Waals surface area contributed by atoms with Crippen LogP contribution in [-0.4, -0.2) is 13.1 Å². The number of nitrogens with one attached hydrogen (secondary N) is 1. The third-order valence-corrected chi connectivity index (χ3v) is 3.35. The van der Waals surface area contributed by atoms with Gasteiger partial charge >= 0.3 is 0 Å². The van der Waals surface area contributed by atoms with Crippen molar-refractivity contribution in [2.24, 2.45) is 0 Å². The molecule has 1 nitrogen and oxygen atoms in total. The second kappa shape index (κ2) is 4.80. The molecule has 0 amide bonds. The standard InChI is InChI=1S/C14H21N/c1-11(2)13-7-3-4-8-14(13)12-6-5-9-15-10-12/h3-4,7-8,11-12,15H,5-6,9-10H2,1-2H3/t12-/m1/s1. The van der Waals surface area contributed by atoms with Gasteiger partial charge in [-0.15, -0.1) is 0 Å². The summed E-state index contributed by atoms with van der Waals surface area (Å²) in [7, 11) is 0. The summed E-state index contributed by atoms with van der Waals surface area (Å²) in [4.78, 5) is 0. The van der Waals surface area contributed by atoms with Gasteiger partial charge in [-0.05, 0) is 42.3 Å². The molecule has 0 spiro atoms. The maximum absolute atomic E-state index is 3.50. The monoisotopic (exact) mass is 203 g/mol. The summed E-state index contributed by atoms with van der Waals surface area (Å²) >= 11 is 0. The minimum atomic E-state index is 0.642. The predicted octanol–water partition coefficient (Wildman–Crippen LogP) is 3.28. The molecule has 1 saturated heterocycles. The molecule has 2 rings (SSSR count). The SMILES string of the molecule is CC(C)c1ccccc1[C@@H]1CCCNC1. The van der Waals surface area contributed by atoms with Crippen molar-refractivity contribution in [3.05, 3.63) is 35.4 Å². The van der Waals surface area contributed by atoms with Crippen molar-refractivity contribution in [2.75, 3.05) is 13.1 Å². The van der Waals surface area contributed by atoms with Crippen LogP contribution in [0, 0.1) is 0 Å². The highest BCUT2D eigenvalue weighted by atomic mass is 14.9. The van der Waals surface area contributed by atoms with E-state index in [4.69, 9.17) is 0 Å². The van der Waals surface area contributed by atoms with Crippen molar-refractivity contribution in [1.82, 2.24) is 5.32 Å². The first-order valence-corrected chi connectivity index (χ1v) is 6.08. The van der Waals surface area contributed by atoms with Crippen molar-refractivity contribution in [3.8, 4) is 0 Å². The van der Waals surface area contributed by atoms with Gasteiger partial charge in [-0.1, -0.05) is 38.1 Å². The lowest BCUT2D eigenvalue weighted by Gasteiger charge is -2.26. The molecule has 0 unspecified atom stereocenters. The Morgan fingerprint density at radius 2 is 2.07 bits per heavy atom. The van der Waals surface area contributed by atoms with Crippen LogP contribution in [-0.2, 0) is 0 Å². The summed E-state index contributed by atoms with van der Waals surface area (Å²) in [5, 5.41) is 3.50. The van der Waals surface area contributed by atoms with Gasteiger partial charge in [-0.3, -0.25) is 0 Å². The zero-order valence-electron chi connectivity index (χ0n) is 9.79. The highest BCUT2D eigenvalue weighted by Crippen LogP contribution is 2.29. The lowest BCUT2D eigenvalue weighted by Crippen LogP contribution is -2.28. The quantitative estimate of drug-likeness (QED) is 0.778. The van der Waals surface area contributed by atoms with E-state index in [-0.39, 0.29) is 0 Å². The van der Waals surface area contributed by atoms with E-state index in [2.05, 4.69) is 43.4 Å². The van der Waals surface area contributed by atoms with Crippen LogP contribution in [0.25, 0.3) is 0 Å². The topological polar surface area (TPSA) is 12.0 Å². The average molecular weight is 203 g/mol. The highest BCUT2D eigenvalue weighted by Gasteiger charge is 2.18. The summed E-state index contributed by atoms with van der Waals surface area (Å²) in [5.41, 5.74) is 3.10. The minimum absolute atomic E-state index is 0.642. The fourth-order valence-corrected chi connectivity index (χ4v) is 2.53. The predicted molar refractivity (Wildman–Crippen MR) is 65.4 cm³/mol. The van der Waals surface area contributed by atoms with Crippen molar-refractivity contribution >= 4 is 0 Å². The highest BCUT2D eigenvalue weighted by molar-refractivity contribution is 5.33. The van der Waals surface area contributed by atoms with E-state index in [0.29, 0.717) is 5.92 Å². The van der Waals surface area contributed by atoms with E-state index in [1.54, 1.807) is 5.56 Å². The molecule has 0 bridgehead atoms. The Bertz CT molecular complexity index is 311. The largest absolute Gasteiger partial charge is 0.316 e. The third kappa shape index (κ3) is 2.40. The van der Waals surface area contributed by atoms with Crippen LogP contribution in [0.1, 0.15) is 49.7 Å². The number of benzene rings is 1. The van der Waals surface area contributed by atoms with E-state index >= 15 is 0 Å². The number of hydrogen-bond donors (Lipinski definition) is 1. The van der Waals surface area contributed by atoms with Gasteiger partial charge < -0.3 is 5.32 Å². The molecule has 82 valence electrons. The Balaban J connectivity index is 2.25. The van der Waals surface area contributed by atoms with Gasteiger partial charge in [-0.25, -0.2) is 0 Å². The molecule has 1 heterocycles. The van der Waals surface area contributed by atoms with Gasteiger partial charge in [0.1, 0.15) is 0 Å². The fourth-order valence-electron chi connectivity index (χ4n) is 2.53. The molecule has 1 N–H and O–H groups in total. The van der Waals surface area contributed by atoms with Gasteiger partial charge in [-0.2, -0.15) is 0 Å². The summed E-state index contributed by atoms with van der Waals surface area (Å²) in [5.74, 6) is 1.38. The molecule has 1 aliphatic heterocycles. The summed E-state index contributed by atoms with van der Waals surface area (Å²) in [6.07, 6.45) is 2.66. The van der Waals surface area contributed by atoms with Crippen molar-refractivity contribution < 1.29 is 0 Å². The Morgan fingerprint density at radius 1 is 1.27 bits per heavy atom. The fraction of sp³-hybridized carbons (Fsp3) is 0.571. The average Bonchev–Trinajstić information content (AvgIpc) is 2.30. The zero-order valence-corrected chi connectivity index (χ0v) is 9.79. The molecule has 1 aromatic rings. The molecular formula is C14H21N. The van der Waals surface area contributed by atoms with E-state index in [9.17, 15) is 0 Å². The first-order valence-electron chi connectivity index (χ1n) is 6.08. The molecule has 0 saturated carbocycles. The maximum Gasteiger partial charge on any atom is 0.00202 e. The Morgan fingerprint density at radius 3 is 2.73 bits per heavy atom. The Kier molecular flexibility index (Phi) is 3.42. The zero-order chi connectivity index (χ0) is 10.7. The second-order valence-corrected chi connectivity index (χ2v) is 4.83. The first-order chi connectivity index (χ1) is 7.29. The number of rotatable bonds is 2. The molecule has 0 aliphatic carbocycles. The molecule has 1 fully saturated rings. The summed E-state index contributed by atoms with van der Waals surface area (Å²) in [6, 6.07) is 8.94. The summed E-state index contributed by atoms with van der Waals surface area (Å²) < 4.78 is 0. The van der Waals surface area contributed by atoms with Gasteiger partial charge in [0, 0.05) is 6.54 Å². The first kappa shape index (κ1) is 10.7. The maximum atomic E-state index is 3.50. The lowest BCUT2D eigenvalue weighted by atomic mass is 9.85. The van der Waals surface area contributed by atoms with Crippen LogP contribution >= 0.6 is 0 Å². The molecule has 15 heavy (non-hydrogen) atoms. The van der Waals surface area contributed by atoms with Crippen LogP contribution in [0.5, 0.6) is 0 Å². The second-order valence-electron chi connectivity index (χ2n) is 4.83. The Labute approximate surface area is 92.9 Å². The third-order valence-electron chi connectivity index (χ3n) is 3.35. The van der Waals surface area contributed by atoms with Gasteiger partial charge in [0.25, 0.3) is 0 Å². The Hall–Kier alpha value is -0.820. The van der Waals surface area contributed by atoms with Crippen molar-refractivity contribution in [3.63, 3.8) is 0 Å². The smallest absolute Gasteiger partial charge is 0.00202 e. The van der Waals surface area contributed by atoms with E-state index in [0.717, 1.165) is 12.5 Å². The van der Waals surface area contributed by atoms with Crippen LogP contribution in [0.4, 0.5) is 0 Å². The lowest BCUT2D eigenvalue weighted by molar-refractivity contribution is 0.458. The van der Waals surface area contributed by atoms with Gasteiger partial charge in [0.05, 0.1) is 0 Å². The molecule has 0 radical (unpaired) electrons. The van der Waals surface area contributed by atoms with Crippen molar-refractivity contribution in [1.29, 1.82) is 0 Å². The minimum Gasteiger partial charge on any atom is -0.316 e. The van der Waals surface area contributed by atoms with E-state index < -0.39 is 0 Å². The van der Waals surface area contributed by atoms with Crippen LogP contribution in [0.3, 0.4) is 0 Å². The van der Waals surface area contributed by atoms with Crippen LogP contribution in [0.2, 0.25) is 0 Å². The summed E-state index contributed by atoms with van der Waals surface area (Å²) in [6.45, 7) is 6.92. The normalized spacial score (nSPS) is 21.9. The molecule has 1 aliphatic rings. The van der Waals surface area contributed by atoms with E-state index in [1.807, 2.05) is 0 Å². The van der Waals surface area contributed by atoms with Gasteiger partial charge in [0.2, 0.25) is 0 Å². The van der Waals surface area contributed by atoms with Gasteiger partial charge in [0.15, 0.2) is 0 Å². The molecule has 1 atom stereocenters. The van der Waals surface area contributed by atoms with Crippen molar-refractivity contribution in [2.45, 2.75) is 38.5 Å². The van der Waals surface area contributed by atoms with E-state index in [1.165, 1.54) is 24.9 Å². The molecular weight excluding hydrogens is 182 g/mol. The van der Waals surface area contributed by atoms with Crippen LogP contribution in [0.15, 0.2) is 24.3 Å².